The number of furan rings is 2. The summed E-state index contributed by atoms with van der Waals surface area (Å²) in [4.78, 5) is 4.97. The molecule has 0 spiro atoms. The van der Waals surface area contributed by atoms with E-state index in [1.807, 2.05) is 0 Å². The van der Waals surface area contributed by atoms with Crippen molar-refractivity contribution in [3.8, 4) is 22.3 Å². The molecular weight excluding hydrogens is 1070 g/mol. The predicted molar refractivity (Wildman–Crippen MR) is 370 cm³/mol. The van der Waals surface area contributed by atoms with Gasteiger partial charge >= 0.3 is 0 Å². The summed E-state index contributed by atoms with van der Waals surface area (Å²) in [7, 11) is 0. The second-order valence-corrected chi connectivity index (χ2v) is 24.0. The van der Waals surface area contributed by atoms with E-state index < -0.39 is 0 Å². The average Bonchev–Trinajstić information content (AvgIpc) is 1.51. The normalized spacial score (nSPS) is 12.3. The molecule has 0 saturated heterocycles. The smallest absolute Gasteiger partial charge is 0.159 e. The van der Waals surface area contributed by atoms with Crippen molar-refractivity contribution in [1.82, 2.24) is 8.80 Å². The summed E-state index contributed by atoms with van der Waals surface area (Å²) in [6.45, 7) is 8.88. The van der Waals surface area contributed by atoms with Gasteiger partial charge in [0.15, 0.2) is 11.2 Å². The number of nitrogens with zero attached hydrogens (tertiary/aromatic N) is 4. The molecule has 414 valence electrons. The Morgan fingerprint density at radius 1 is 0.261 bits per heavy atom. The molecule has 88 heavy (non-hydrogen) atoms. The van der Waals surface area contributed by atoms with Gasteiger partial charge in [-0.3, -0.25) is 0 Å². The minimum Gasteiger partial charge on any atom is -0.454 e. The molecule has 0 saturated carbocycles. The molecule has 0 atom stereocenters. The summed E-state index contributed by atoms with van der Waals surface area (Å²) in [5.41, 5.74) is 26.3. The van der Waals surface area contributed by atoms with E-state index in [1.165, 1.54) is 87.4 Å². The fourth-order valence-electron chi connectivity index (χ4n) is 15.6. The van der Waals surface area contributed by atoms with Gasteiger partial charge in [0.2, 0.25) is 0 Å². The molecule has 13 aromatic carbocycles. The quantitative estimate of drug-likeness (QED) is 0.152. The molecule has 0 aliphatic carbocycles. The van der Waals surface area contributed by atoms with Crippen LogP contribution >= 0.6 is 0 Å². The Labute approximate surface area is 505 Å². The first-order chi connectivity index (χ1) is 43.4. The standard InChI is InChI=1S/C82H54N4O2/c1-47-23-11-15-35-61(47)83(75-49(3)43-45-55-53-29-13-17-41-67(53)87-81(55)75)63-37-21-39-65-71(63)57-31-19-33-59-73-70(52-27-9-6-10-28-52)80-74(69(51-25-7-5-8-26-51)79(73)85(65)77(57)59)60-34-20-32-58-72-64(38-22-40-66(72)86(80)78(58)60)84(62-36-16-12-24-48(62)2)76-50(4)44-46-56-54-30-14-18-42-68(54)88-82(56)76/h5-46H,1-4H3. The number of para-hydroxylation sites is 6. The molecule has 6 heterocycles. The van der Waals surface area contributed by atoms with Crippen LogP contribution in [-0.4, -0.2) is 8.80 Å². The Hall–Kier alpha value is -11.3. The molecule has 19 aromatic rings. The molecular formula is C82H54N4O2. The van der Waals surface area contributed by atoms with Crippen LogP contribution in [-0.2, 0) is 0 Å². The van der Waals surface area contributed by atoms with Gasteiger partial charge in [0.05, 0.1) is 55.8 Å². The van der Waals surface area contributed by atoms with E-state index in [0.717, 1.165) is 111 Å². The van der Waals surface area contributed by atoms with Gasteiger partial charge in [0.1, 0.15) is 11.2 Å². The fraction of sp³-hybridized carbons (Fsp3) is 0.0488. The highest BCUT2D eigenvalue weighted by Crippen LogP contribution is 2.57. The van der Waals surface area contributed by atoms with Gasteiger partial charge in [-0.2, -0.15) is 0 Å². The maximum Gasteiger partial charge on any atom is 0.159 e. The summed E-state index contributed by atoms with van der Waals surface area (Å²) >= 11 is 0. The minimum atomic E-state index is 0.872. The Kier molecular flexibility index (Phi) is 10.1. The molecule has 0 fully saturated rings. The van der Waals surface area contributed by atoms with Crippen molar-refractivity contribution < 1.29 is 8.83 Å². The molecule has 6 aromatic heterocycles. The van der Waals surface area contributed by atoms with Gasteiger partial charge in [-0.15, -0.1) is 0 Å². The van der Waals surface area contributed by atoms with Crippen molar-refractivity contribution in [1.29, 1.82) is 0 Å². The Bertz CT molecular complexity index is 5740. The van der Waals surface area contributed by atoms with Crippen molar-refractivity contribution in [2.24, 2.45) is 0 Å². The number of fused-ring (bicyclic) bond motifs is 18. The summed E-state index contributed by atoms with van der Waals surface area (Å²) in [5, 5.41) is 14.0. The number of aromatic nitrogens is 2. The van der Waals surface area contributed by atoms with Gasteiger partial charge in [-0.1, -0.05) is 206 Å². The van der Waals surface area contributed by atoms with Crippen LogP contribution in [0.4, 0.5) is 34.1 Å². The molecule has 6 nitrogen and oxygen atoms in total. The van der Waals surface area contributed by atoms with Gasteiger partial charge in [-0.05, 0) is 110 Å². The lowest BCUT2D eigenvalue weighted by Gasteiger charge is -2.29. The van der Waals surface area contributed by atoms with Crippen LogP contribution in [0.25, 0.3) is 142 Å². The van der Waals surface area contributed by atoms with Crippen LogP contribution in [0.2, 0.25) is 0 Å². The fourth-order valence-corrected chi connectivity index (χ4v) is 15.6. The Morgan fingerprint density at radius 2 is 0.614 bits per heavy atom. The molecule has 0 radical (unpaired) electrons. The molecule has 0 aliphatic heterocycles. The van der Waals surface area contributed by atoms with E-state index in [9.17, 15) is 0 Å². The summed E-state index contributed by atoms with van der Waals surface area (Å²) in [6, 6.07) is 93.6. The van der Waals surface area contributed by atoms with Gasteiger partial charge in [0.25, 0.3) is 0 Å². The SMILES string of the molecule is Cc1ccccc1N(c1c(C)ccc2c1oc1ccccc12)c1cccc2c1c1cccc3c4c(-c5ccccc5)c5c(c(-c6ccccc6)c4n2c13)c1cccc2c3c(N(c4ccccc4C)c4c(C)ccc6c4oc4ccccc46)cccc3n5c21. The molecule has 0 amide bonds. The zero-order valence-electron chi connectivity index (χ0n) is 48.9. The number of anilines is 6. The third-order valence-electron chi connectivity index (χ3n) is 19.2. The van der Waals surface area contributed by atoms with Crippen molar-refractivity contribution in [2.75, 3.05) is 9.80 Å². The third kappa shape index (κ3) is 6.45. The lowest BCUT2D eigenvalue weighted by atomic mass is 9.89. The highest BCUT2D eigenvalue weighted by Gasteiger charge is 2.34. The first-order valence-electron chi connectivity index (χ1n) is 30.4. The van der Waals surface area contributed by atoms with Gasteiger partial charge in [0, 0.05) is 87.1 Å². The minimum absolute atomic E-state index is 0.872. The Morgan fingerprint density at radius 3 is 1.05 bits per heavy atom. The average molecular weight is 1130 g/mol. The number of aryl methyl sites for hydroxylation is 4. The highest BCUT2D eigenvalue weighted by molar-refractivity contribution is 6.39. The van der Waals surface area contributed by atoms with Crippen molar-refractivity contribution >= 4 is 154 Å². The molecule has 0 aliphatic rings. The van der Waals surface area contributed by atoms with E-state index in [4.69, 9.17) is 8.83 Å². The molecule has 0 unspecified atom stereocenters. The third-order valence-corrected chi connectivity index (χ3v) is 19.2. The molecule has 19 rings (SSSR count). The van der Waals surface area contributed by atoms with E-state index >= 15 is 0 Å². The predicted octanol–water partition coefficient (Wildman–Crippen LogP) is 23.3. The molecule has 0 bridgehead atoms. The first-order valence-corrected chi connectivity index (χ1v) is 30.4. The summed E-state index contributed by atoms with van der Waals surface area (Å²) < 4.78 is 19.2. The van der Waals surface area contributed by atoms with Crippen LogP contribution in [0.15, 0.2) is 264 Å². The topological polar surface area (TPSA) is 41.6 Å². The lowest BCUT2D eigenvalue weighted by Crippen LogP contribution is -2.13. The van der Waals surface area contributed by atoms with Crippen LogP contribution in [0.1, 0.15) is 22.3 Å². The van der Waals surface area contributed by atoms with E-state index in [2.05, 4.69) is 301 Å². The van der Waals surface area contributed by atoms with Crippen molar-refractivity contribution in [2.45, 2.75) is 27.7 Å². The Balaban J connectivity index is 0.975. The van der Waals surface area contributed by atoms with Crippen LogP contribution in [0, 0.1) is 27.7 Å². The lowest BCUT2D eigenvalue weighted by molar-refractivity contribution is 0.668. The number of benzene rings is 13. The van der Waals surface area contributed by atoms with E-state index in [1.54, 1.807) is 0 Å². The largest absolute Gasteiger partial charge is 0.454 e. The van der Waals surface area contributed by atoms with Gasteiger partial charge < -0.3 is 27.4 Å². The number of hydrogen-bond donors (Lipinski definition) is 0. The zero-order chi connectivity index (χ0) is 58.2. The summed E-state index contributed by atoms with van der Waals surface area (Å²) in [6.07, 6.45) is 0. The number of rotatable bonds is 8. The van der Waals surface area contributed by atoms with Crippen molar-refractivity contribution in [3.63, 3.8) is 0 Å². The van der Waals surface area contributed by atoms with Gasteiger partial charge in [-0.25, -0.2) is 0 Å². The van der Waals surface area contributed by atoms with Crippen molar-refractivity contribution in [3.05, 3.63) is 277 Å². The second kappa shape index (κ2) is 18.1. The maximum atomic E-state index is 6.98. The zero-order valence-corrected chi connectivity index (χ0v) is 48.9. The number of hydrogen-bond acceptors (Lipinski definition) is 4. The highest BCUT2D eigenvalue weighted by atomic mass is 16.3. The second-order valence-electron chi connectivity index (χ2n) is 24.0. The van der Waals surface area contributed by atoms with Crippen LogP contribution in [0.5, 0.6) is 0 Å². The molecule has 0 N–H and O–H groups in total. The first kappa shape index (κ1) is 49.0. The van der Waals surface area contributed by atoms with Crippen LogP contribution < -0.4 is 9.80 Å². The monoisotopic (exact) mass is 1130 g/mol. The van der Waals surface area contributed by atoms with Crippen LogP contribution in [0.3, 0.4) is 0 Å². The van der Waals surface area contributed by atoms with E-state index in [-0.39, 0.29) is 0 Å². The maximum absolute atomic E-state index is 6.98. The summed E-state index contributed by atoms with van der Waals surface area (Å²) in [5.74, 6) is 0. The molecule has 6 heteroatoms. The van der Waals surface area contributed by atoms with E-state index in [0.29, 0.717) is 0 Å².